The van der Waals surface area contributed by atoms with Crippen LogP contribution in [0.1, 0.15) is 12.0 Å². The average molecular weight is 454 g/mol. The number of nitrogens with one attached hydrogen (secondary N) is 1. The number of rotatable bonds is 9. The highest BCUT2D eigenvalue weighted by atomic mass is 32.2. The van der Waals surface area contributed by atoms with Gasteiger partial charge in [0.25, 0.3) is 0 Å². The third-order valence-corrected chi connectivity index (χ3v) is 6.73. The second kappa shape index (κ2) is 10.1. The lowest BCUT2D eigenvalue weighted by atomic mass is 10.1. The fourth-order valence-corrected chi connectivity index (χ4v) is 5.21. The molecule has 31 heavy (non-hydrogen) atoms. The summed E-state index contributed by atoms with van der Waals surface area (Å²) >= 11 is 0. The van der Waals surface area contributed by atoms with Crippen molar-refractivity contribution in [1.82, 2.24) is 4.90 Å². The summed E-state index contributed by atoms with van der Waals surface area (Å²) in [4.78, 5) is 14.5. The van der Waals surface area contributed by atoms with Crippen molar-refractivity contribution in [3.05, 3.63) is 54.1 Å². The van der Waals surface area contributed by atoms with E-state index < -0.39 is 16.4 Å². The molecule has 0 radical (unpaired) electrons. The van der Waals surface area contributed by atoms with Crippen molar-refractivity contribution in [2.45, 2.75) is 25.6 Å². The lowest BCUT2D eigenvalue weighted by molar-refractivity contribution is -0.117. The van der Waals surface area contributed by atoms with Crippen molar-refractivity contribution in [1.29, 1.82) is 0 Å². The lowest BCUT2D eigenvalue weighted by Gasteiger charge is -2.27. The van der Waals surface area contributed by atoms with Crippen LogP contribution < -0.4 is 14.8 Å². The van der Waals surface area contributed by atoms with Crippen molar-refractivity contribution < 1.29 is 31.5 Å². The SMILES string of the molecule is COc1ccc(CN(CC(=O)Nc2ccc(OC(F)F)cc2)C2CCS(=O)(=O)C2)cc1. The molecule has 1 atom stereocenters. The highest BCUT2D eigenvalue weighted by molar-refractivity contribution is 7.91. The molecule has 1 fully saturated rings. The number of carbonyl (C=O) groups is 1. The van der Waals surface area contributed by atoms with Crippen LogP contribution in [-0.4, -0.2) is 57.0 Å². The Morgan fingerprint density at radius 2 is 1.77 bits per heavy atom. The van der Waals surface area contributed by atoms with Crippen molar-refractivity contribution in [3.8, 4) is 11.5 Å². The molecule has 1 unspecified atom stereocenters. The number of alkyl halides is 2. The van der Waals surface area contributed by atoms with Gasteiger partial charge in [0.1, 0.15) is 11.5 Å². The fourth-order valence-electron chi connectivity index (χ4n) is 3.45. The summed E-state index contributed by atoms with van der Waals surface area (Å²) in [7, 11) is -1.55. The van der Waals surface area contributed by atoms with Gasteiger partial charge in [-0.25, -0.2) is 8.42 Å². The standard InChI is InChI=1S/C21H24F2N2O5S/c1-29-18-6-2-15(3-7-18)12-25(17-10-11-31(27,28)14-17)13-20(26)24-16-4-8-19(9-5-16)30-21(22)23/h2-9,17,21H,10-14H2,1H3,(H,24,26). The molecule has 2 aromatic rings. The van der Waals surface area contributed by atoms with E-state index in [2.05, 4.69) is 10.1 Å². The molecule has 3 rings (SSSR count). The van der Waals surface area contributed by atoms with Crippen molar-refractivity contribution in [2.24, 2.45) is 0 Å². The maximum Gasteiger partial charge on any atom is 0.387 e. The van der Waals surface area contributed by atoms with Crippen molar-refractivity contribution >= 4 is 21.4 Å². The Bertz CT molecular complexity index is 982. The van der Waals surface area contributed by atoms with Crippen LogP contribution >= 0.6 is 0 Å². The van der Waals surface area contributed by atoms with Crippen molar-refractivity contribution in [3.63, 3.8) is 0 Å². The highest BCUT2D eigenvalue weighted by Crippen LogP contribution is 2.22. The van der Waals surface area contributed by atoms with Gasteiger partial charge in [-0.1, -0.05) is 12.1 Å². The zero-order valence-corrected chi connectivity index (χ0v) is 17.8. The first-order valence-corrected chi connectivity index (χ1v) is 11.5. The van der Waals surface area contributed by atoms with Gasteiger partial charge in [0.2, 0.25) is 5.91 Å². The Kier molecular flexibility index (Phi) is 7.45. The number of carbonyl (C=O) groups excluding carboxylic acids is 1. The Morgan fingerprint density at radius 3 is 2.32 bits per heavy atom. The van der Waals surface area contributed by atoms with Crippen LogP contribution in [0.5, 0.6) is 11.5 Å². The average Bonchev–Trinajstić information content (AvgIpc) is 3.09. The summed E-state index contributed by atoms with van der Waals surface area (Å²) in [5.41, 5.74) is 1.35. The van der Waals surface area contributed by atoms with Crippen LogP contribution in [0, 0.1) is 0 Å². The minimum Gasteiger partial charge on any atom is -0.497 e. The summed E-state index contributed by atoms with van der Waals surface area (Å²) in [6.07, 6.45) is 0.464. The molecule has 0 saturated carbocycles. The molecule has 1 saturated heterocycles. The molecule has 1 aliphatic heterocycles. The predicted octanol–water partition coefficient (Wildman–Crippen LogP) is 2.92. The number of benzene rings is 2. The maximum atomic E-state index is 12.6. The molecule has 0 spiro atoms. The number of nitrogens with zero attached hydrogens (tertiary/aromatic N) is 1. The van der Waals surface area contributed by atoms with Crippen LogP contribution in [0.2, 0.25) is 0 Å². The van der Waals surface area contributed by atoms with Gasteiger partial charge in [0, 0.05) is 18.3 Å². The molecule has 0 aliphatic carbocycles. The monoisotopic (exact) mass is 454 g/mol. The number of hydrogen-bond donors (Lipinski definition) is 1. The Labute approximate surface area is 179 Å². The zero-order chi connectivity index (χ0) is 22.4. The van der Waals surface area contributed by atoms with E-state index in [-0.39, 0.29) is 35.7 Å². The van der Waals surface area contributed by atoms with E-state index >= 15 is 0 Å². The molecule has 2 aromatic carbocycles. The van der Waals surface area contributed by atoms with E-state index in [1.54, 1.807) is 7.11 Å². The molecule has 1 heterocycles. The first-order valence-electron chi connectivity index (χ1n) is 9.66. The molecule has 1 N–H and O–H groups in total. The number of methoxy groups -OCH3 is 1. The van der Waals surface area contributed by atoms with Gasteiger partial charge in [-0.2, -0.15) is 8.78 Å². The summed E-state index contributed by atoms with van der Waals surface area (Å²) in [6.45, 7) is -2.53. The largest absolute Gasteiger partial charge is 0.497 e. The van der Waals surface area contributed by atoms with Gasteiger partial charge in [-0.05, 0) is 48.4 Å². The maximum absolute atomic E-state index is 12.6. The molecule has 0 bridgehead atoms. The Morgan fingerprint density at radius 1 is 1.13 bits per heavy atom. The number of amides is 1. The van der Waals surface area contributed by atoms with Crippen LogP contribution in [-0.2, 0) is 21.2 Å². The van der Waals surface area contributed by atoms with Crippen LogP contribution in [0.4, 0.5) is 14.5 Å². The van der Waals surface area contributed by atoms with E-state index in [1.165, 1.54) is 24.3 Å². The van der Waals surface area contributed by atoms with E-state index in [0.717, 1.165) is 5.56 Å². The van der Waals surface area contributed by atoms with Gasteiger partial charge in [-0.15, -0.1) is 0 Å². The molecule has 7 nitrogen and oxygen atoms in total. The second-order valence-corrected chi connectivity index (χ2v) is 9.49. The van der Waals surface area contributed by atoms with Gasteiger partial charge in [0.05, 0.1) is 25.2 Å². The first kappa shape index (κ1) is 23.0. The zero-order valence-electron chi connectivity index (χ0n) is 17.0. The molecular formula is C21H24F2N2O5S. The van der Waals surface area contributed by atoms with E-state index in [4.69, 9.17) is 4.74 Å². The number of ether oxygens (including phenoxy) is 2. The molecule has 1 aliphatic rings. The van der Waals surface area contributed by atoms with Gasteiger partial charge < -0.3 is 14.8 Å². The van der Waals surface area contributed by atoms with E-state index in [1.807, 2.05) is 29.2 Å². The minimum atomic E-state index is -3.12. The van der Waals surface area contributed by atoms with Crippen LogP contribution in [0.25, 0.3) is 0 Å². The third-order valence-electron chi connectivity index (χ3n) is 4.98. The Hall–Kier alpha value is -2.72. The minimum absolute atomic E-state index is 0.00899. The molecular weight excluding hydrogens is 430 g/mol. The normalized spacial score (nSPS) is 17.6. The van der Waals surface area contributed by atoms with Crippen LogP contribution in [0.3, 0.4) is 0 Å². The van der Waals surface area contributed by atoms with Gasteiger partial charge in [0.15, 0.2) is 9.84 Å². The first-order chi connectivity index (χ1) is 14.7. The molecule has 0 aromatic heterocycles. The molecule has 10 heteroatoms. The van der Waals surface area contributed by atoms with Gasteiger partial charge in [-0.3, -0.25) is 9.69 Å². The number of hydrogen-bond acceptors (Lipinski definition) is 6. The third kappa shape index (κ3) is 6.90. The van der Waals surface area contributed by atoms with E-state index in [0.29, 0.717) is 24.4 Å². The summed E-state index contributed by atoms with van der Waals surface area (Å²) in [5.74, 6) is 0.474. The number of halogens is 2. The number of sulfone groups is 1. The highest BCUT2D eigenvalue weighted by Gasteiger charge is 2.33. The van der Waals surface area contributed by atoms with Crippen molar-refractivity contribution in [2.75, 3.05) is 30.5 Å². The summed E-state index contributed by atoms with van der Waals surface area (Å²) in [6, 6.07) is 12.7. The predicted molar refractivity (Wildman–Crippen MR) is 112 cm³/mol. The van der Waals surface area contributed by atoms with Crippen LogP contribution in [0.15, 0.2) is 48.5 Å². The smallest absolute Gasteiger partial charge is 0.387 e. The fraction of sp³-hybridized carbons (Fsp3) is 0.381. The quantitative estimate of drug-likeness (QED) is 0.627. The second-order valence-electron chi connectivity index (χ2n) is 7.26. The Balaban J connectivity index is 1.67. The topological polar surface area (TPSA) is 84.9 Å². The summed E-state index contributed by atoms with van der Waals surface area (Å²) in [5, 5.41) is 2.71. The molecule has 168 valence electrons. The summed E-state index contributed by atoms with van der Waals surface area (Å²) < 4.78 is 57.9. The lowest BCUT2D eigenvalue weighted by Crippen LogP contribution is -2.41. The van der Waals surface area contributed by atoms with E-state index in [9.17, 15) is 22.0 Å². The molecule has 1 amide bonds. The number of anilines is 1. The van der Waals surface area contributed by atoms with Gasteiger partial charge >= 0.3 is 6.61 Å².